The highest BCUT2D eigenvalue weighted by molar-refractivity contribution is 7.09. The molecule has 0 saturated heterocycles. The molecular formula is C12H21N3S. The quantitative estimate of drug-likeness (QED) is 0.854. The minimum absolute atomic E-state index is 0.373. The summed E-state index contributed by atoms with van der Waals surface area (Å²) in [5, 5.41) is 6.84. The maximum atomic E-state index is 4.35. The molecule has 4 heteroatoms. The second-order valence-corrected chi connectivity index (χ2v) is 5.87. The molecule has 1 N–H and O–H groups in total. The van der Waals surface area contributed by atoms with Crippen LogP contribution in [0.15, 0.2) is 11.6 Å². The van der Waals surface area contributed by atoms with Crippen molar-refractivity contribution >= 4 is 11.3 Å². The first-order chi connectivity index (χ1) is 7.64. The minimum atomic E-state index is 0.373. The molecule has 1 heterocycles. The molecule has 1 unspecified atom stereocenters. The van der Waals surface area contributed by atoms with E-state index in [2.05, 4.69) is 36.2 Å². The fourth-order valence-electron chi connectivity index (χ4n) is 2.25. The summed E-state index contributed by atoms with van der Waals surface area (Å²) in [7, 11) is 4.38. The van der Waals surface area contributed by atoms with Gasteiger partial charge in [0.1, 0.15) is 5.01 Å². The molecule has 1 atom stereocenters. The van der Waals surface area contributed by atoms with Crippen molar-refractivity contribution in [1.29, 1.82) is 0 Å². The Balaban J connectivity index is 1.87. The van der Waals surface area contributed by atoms with E-state index in [1.165, 1.54) is 24.3 Å². The predicted molar refractivity (Wildman–Crippen MR) is 68.8 cm³/mol. The average Bonchev–Trinajstić information content (AvgIpc) is 2.67. The molecule has 2 rings (SSSR count). The van der Waals surface area contributed by atoms with Crippen LogP contribution in [0.5, 0.6) is 0 Å². The molecule has 0 spiro atoms. The van der Waals surface area contributed by atoms with E-state index in [1.807, 2.05) is 11.6 Å². The monoisotopic (exact) mass is 239 g/mol. The van der Waals surface area contributed by atoms with Gasteiger partial charge in [-0.05, 0) is 40.3 Å². The van der Waals surface area contributed by atoms with Crippen LogP contribution in [-0.2, 0) is 0 Å². The van der Waals surface area contributed by atoms with E-state index in [9.17, 15) is 0 Å². The molecule has 1 saturated carbocycles. The van der Waals surface area contributed by atoms with E-state index in [0.29, 0.717) is 11.6 Å². The first-order valence-corrected chi connectivity index (χ1v) is 6.82. The molecule has 0 radical (unpaired) electrons. The van der Waals surface area contributed by atoms with Crippen molar-refractivity contribution in [1.82, 2.24) is 15.2 Å². The maximum Gasteiger partial charge on any atom is 0.109 e. The van der Waals surface area contributed by atoms with Gasteiger partial charge < -0.3 is 10.2 Å². The second-order valence-electron chi connectivity index (χ2n) is 4.95. The highest BCUT2D eigenvalue weighted by atomic mass is 32.1. The highest BCUT2D eigenvalue weighted by Crippen LogP contribution is 2.35. The highest BCUT2D eigenvalue weighted by Gasteiger charge is 2.38. The molecule has 1 aromatic heterocycles. The number of hydrogen-bond acceptors (Lipinski definition) is 4. The number of rotatable bonds is 5. The molecule has 1 aromatic rings. The van der Waals surface area contributed by atoms with Crippen LogP contribution < -0.4 is 5.32 Å². The van der Waals surface area contributed by atoms with Crippen molar-refractivity contribution in [2.45, 2.75) is 37.8 Å². The Morgan fingerprint density at radius 2 is 2.31 bits per heavy atom. The van der Waals surface area contributed by atoms with Gasteiger partial charge in [-0.25, -0.2) is 4.98 Å². The fraction of sp³-hybridized carbons (Fsp3) is 0.750. The summed E-state index contributed by atoms with van der Waals surface area (Å²) in [6.45, 7) is 3.27. The van der Waals surface area contributed by atoms with Crippen LogP contribution in [-0.4, -0.2) is 36.1 Å². The molecule has 1 aliphatic rings. The summed E-state index contributed by atoms with van der Waals surface area (Å²) in [6, 6.07) is 0.373. The minimum Gasteiger partial charge on any atom is -0.306 e. The molecule has 0 aliphatic heterocycles. The van der Waals surface area contributed by atoms with Gasteiger partial charge in [0.15, 0.2) is 0 Å². The number of hydrogen-bond donors (Lipinski definition) is 1. The fourth-order valence-corrected chi connectivity index (χ4v) is 2.92. The Morgan fingerprint density at radius 1 is 1.56 bits per heavy atom. The van der Waals surface area contributed by atoms with Gasteiger partial charge in [0.05, 0.1) is 6.04 Å². The summed E-state index contributed by atoms with van der Waals surface area (Å²) >= 11 is 1.73. The number of nitrogens with zero attached hydrogens (tertiary/aromatic N) is 2. The van der Waals surface area contributed by atoms with Crippen molar-refractivity contribution in [3.8, 4) is 0 Å². The van der Waals surface area contributed by atoms with Crippen LogP contribution in [0, 0.1) is 0 Å². The number of aromatic nitrogens is 1. The zero-order valence-electron chi connectivity index (χ0n) is 10.4. The van der Waals surface area contributed by atoms with Gasteiger partial charge in [0.25, 0.3) is 0 Å². The van der Waals surface area contributed by atoms with Gasteiger partial charge in [-0.2, -0.15) is 0 Å². The molecule has 16 heavy (non-hydrogen) atoms. The third kappa shape index (κ3) is 2.29. The lowest BCUT2D eigenvalue weighted by atomic mass is 9.75. The molecule has 1 fully saturated rings. The largest absolute Gasteiger partial charge is 0.306 e. The Kier molecular flexibility index (Phi) is 3.62. The average molecular weight is 239 g/mol. The van der Waals surface area contributed by atoms with E-state index in [0.717, 1.165) is 6.54 Å². The molecular weight excluding hydrogens is 218 g/mol. The van der Waals surface area contributed by atoms with Crippen LogP contribution >= 0.6 is 11.3 Å². The Labute approximate surface area is 102 Å². The Morgan fingerprint density at radius 3 is 2.75 bits per heavy atom. The van der Waals surface area contributed by atoms with E-state index >= 15 is 0 Å². The lowest BCUT2D eigenvalue weighted by Crippen LogP contribution is -2.56. The van der Waals surface area contributed by atoms with Crippen LogP contribution in [0.4, 0.5) is 0 Å². The molecule has 0 aromatic carbocycles. The van der Waals surface area contributed by atoms with Crippen molar-refractivity contribution in [2.24, 2.45) is 0 Å². The first kappa shape index (κ1) is 12.0. The molecule has 0 bridgehead atoms. The zero-order chi connectivity index (χ0) is 11.6. The number of nitrogens with one attached hydrogen (secondary N) is 1. The van der Waals surface area contributed by atoms with Crippen molar-refractivity contribution in [3.05, 3.63) is 16.6 Å². The van der Waals surface area contributed by atoms with Gasteiger partial charge in [-0.1, -0.05) is 0 Å². The Bertz CT molecular complexity index is 317. The van der Waals surface area contributed by atoms with E-state index in [4.69, 9.17) is 0 Å². The summed E-state index contributed by atoms with van der Waals surface area (Å²) < 4.78 is 0. The number of likely N-dealkylation sites (N-methyl/N-ethyl adjacent to an activating group) is 1. The van der Waals surface area contributed by atoms with Crippen molar-refractivity contribution < 1.29 is 0 Å². The lowest BCUT2D eigenvalue weighted by molar-refractivity contribution is 0.0576. The van der Waals surface area contributed by atoms with E-state index < -0.39 is 0 Å². The number of thiazole rings is 1. The van der Waals surface area contributed by atoms with Gasteiger partial charge in [0.2, 0.25) is 0 Å². The van der Waals surface area contributed by atoms with E-state index in [-0.39, 0.29) is 0 Å². The van der Waals surface area contributed by atoms with Crippen LogP contribution in [0.2, 0.25) is 0 Å². The molecule has 0 amide bonds. The smallest absolute Gasteiger partial charge is 0.109 e. The second kappa shape index (κ2) is 4.82. The normalized spacial score (nSPS) is 20.8. The molecule has 90 valence electrons. The summed E-state index contributed by atoms with van der Waals surface area (Å²) in [6.07, 6.45) is 5.88. The lowest BCUT2D eigenvalue weighted by Gasteiger charge is -2.48. The maximum absolute atomic E-state index is 4.35. The topological polar surface area (TPSA) is 28.2 Å². The zero-order valence-corrected chi connectivity index (χ0v) is 11.2. The SMILES string of the molecule is CC(NCC1(N(C)C)CCC1)c1nccs1. The van der Waals surface area contributed by atoms with Gasteiger partial charge in [0, 0.05) is 23.7 Å². The third-order valence-electron chi connectivity index (χ3n) is 3.79. The summed E-state index contributed by atoms with van der Waals surface area (Å²) in [5.74, 6) is 0. The van der Waals surface area contributed by atoms with Gasteiger partial charge >= 0.3 is 0 Å². The van der Waals surface area contributed by atoms with Crippen LogP contribution in [0.3, 0.4) is 0 Å². The van der Waals surface area contributed by atoms with Crippen molar-refractivity contribution in [2.75, 3.05) is 20.6 Å². The van der Waals surface area contributed by atoms with Crippen LogP contribution in [0.1, 0.15) is 37.2 Å². The molecule has 1 aliphatic carbocycles. The predicted octanol–water partition coefficient (Wildman–Crippen LogP) is 2.28. The van der Waals surface area contributed by atoms with Gasteiger partial charge in [-0.3, -0.25) is 0 Å². The van der Waals surface area contributed by atoms with Gasteiger partial charge in [-0.15, -0.1) is 11.3 Å². The molecule has 3 nitrogen and oxygen atoms in total. The van der Waals surface area contributed by atoms with Crippen LogP contribution in [0.25, 0.3) is 0 Å². The Hall–Kier alpha value is -0.450. The van der Waals surface area contributed by atoms with Crippen molar-refractivity contribution in [3.63, 3.8) is 0 Å². The summed E-state index contributed by atoms with van der Waals surface area (Å²) in [4.78, 5) is 6.72. The standard InChI is InChI=1S/C12H21N3S/c1-10(11-13-7-8-16-11)14-9-12(15(2)3)5-4-6-12/h7-8,10,14H,4-6,9H2,1-3H3. The van der Waals surface area contributed by atoms with E-state index in [1.54, 1.807) is 11.3 Å². The third-order valence-corrected chi connectivity index (χ3v) is 4.75. The first-order valence-electron chi connectivity index (χ1n) is 5.94. The summed E-state index contributed by atoms with van der Waals surface area (Å²) in [5.41, 5.74) is 0.394.